The van der Waals surface area contributed by atoms with Crippen molar-refractivity contribution in [2.75, 3.05) is 0 Å². The van der Waals surface area contributed by atoms with Crippen molar-refractivity contribution in [3.8, 4) is 0 Å². The molecule has 5 rings (SSSR count). The van der Waals surface area contributed by atoms with Crippen molar-refractivity contribution in [1.82, 2.24) is 19.8 Å². The van der Waals surface area contributed by atoms with Crippen LogP contribution in [0.1, 0.15) is 85.0 Å². The molecule has 0 aromatic carbocycles. The third-order valence-corrected chi connectivity index (χ3v) is 10.1. The molecule has 4 fully saturated rings. The van der Waals surface area contributed by atoms with Gasteiger partial charge in [0.1, 0.15) is 6.54 Å². The van der Waals surface area contributed by atoms with E-state index in [-0.39, 0.29) is 29.4 Å². The Morgan fingerprint density at radius 1 is 1.00 bits per heavy atom. The molecule has 0 bridgehead atoms. The van der Waals surface area contributed by atoms with E-state index in [9.17, 15) is 14.7 Å². The quantitative estimate of drug-likeness (QED) is 0.751. The summed E-state index contributed by atoms with van der Waals surface area (Å²) in [5, 5.41) is 18.5. The van der Waals surface area contributed by atoms with E-state index in [1.54, 1.807) is 0 Å². The summed E-state index contributed by atoms with van der Waals surface area (Å²) in [6.07, 6.45) is 10.8. The van der Waals surface area contributed by atoms with Gasteiger partial charge in [-0.3, -0.25) is 4.79 Å². The number of fused-ring (bicyclic) bond motifs is 5. The molecule has 1 aromatic heterocycles. The van der Waals surface area contributed by atoms with Gasteiger partial charge in [-0.15, -0.1) is 0 Å². The molecule has 178 valence electrons. The standard InChI is InChI=1S/C25H40N4O3/c1-4-13-28-23(31)29(27-26-28)15-22(30)21-8-7-20-19-6-5-16-14-24(2,32)11-9-17(16)18(19)10-12-25(20,21)3/h16-21,32H,4-15H2,1-3H3/t16-,17+,18-,19-,20+,21-,24-,25+/m1/s1. The molecular formula is C25H40N4O3. The Morgan fingerprint density at radius 2 is 1.75 bits per heavy atom. The minimum atomic E-state index is -0.473. The Bertz CT molecular complexity index is 921. The highest BCUT2D eigenvalue weighted by Crippen LogP contribution is 2.64. The molecule has 0 saturated heterocycles. The molecular weight excluding hydrogens is 404 g/mol. The monoisotopic (exact) mass is 444 g/mol. The first-order valence-corrected chi connectivity index (χ1v) is 13.0. The largest absolute Gasteiger partial charge is 0.390 e. The molecule has 1 heterocycles. The van der Waals surface area contributed by atoms with Gasteiger partial charge in [0.2, 0.25) is 0 Å². The maximum absolute atomic E-state index is 13.4. The lowest BCUT2D eigenvalue weighted by Gasteiger charge is -2.56. The second kappa shape index (κ2) is 8.07. The first-order valence-electron chi connectivity index (χ1n) is 13.0. The number of carbonyl (C=O) groups excluding carboxylic acids is 1. The molecule has 7 heteroatoms. The van der Waals surface area contributed by atoms with Crippen LogP contribution in [-0.4, -0.2) is 36.3 Å². The van der Waals surface area contributed by atoms with Crippen LogP contribution < -0.4 is 5.69 Å². The molecule has 4 saturated carbocycles. The van der Waals surface area contributed by atoms with Crippen LogP contribution in [-0.2, 0) is 17.9 Å². The van der Waals surface area contributed by atoms with Crippen LogP contribution in [0.25, 0.3) is 0 Å². The van der Waals surface area contributed by atoms with E-state index in [0.29, 0.717) is 18.4 Å². The minimum Gasteiger partial charge on any atom is -0.390 e. The zero-order chi connectivity index (χ0) is 22.7. The van der Waals surface area contributed by atoms with E-state index in [1.165, 1.54) is 35.0 Å². The number of aryl methyl sites for hydroxylation is 1. The summed E-state index contributed by atoms with van der Waals surface area (Å²) >= 11 is 0. The first kappa shape index (κ1) is 22.3. The molecule has 0 amide bonds. The lowest BCUT2D eigenvalue weighted by molar-refractivity contribution is -0.133. The van der Waals surface area contributed by atoms with Crippen molar-refractivity contribution in [3.05, 3.63) is 10.5 Å². The molecule has 0 radical (unpaired) electrons. The van der Waals surface area contributed by atoms with Crippen LogP contribution in [0, 0.1) is 40.9 Å². The average molecular weight is 445 g/mol. The van der Waals surface area contributed by atoms with Crippen molar-refractivity contribution in [3.63, 3.8) is 0 Å². The fourth-order valence-corrected chi connectivity index (χ4v) is 8.63. The lowest BCUT2D eigenvalue weighted by atomic mass is 9.49. The van der Waals surface area contributed by atoms with Gasteiger partial charge in [0.25, 0.3) is 0 Å². The number of Topliss-reactive ketones (excluding diaryl/α,β-unsaturated/α-hetero) is 1. The summed E-state index contributed by atoms with van der Waals surface area (Å²) in [5.74, 6) is 3.76. The van der Waals surface area contributed by atoms with E-state index in [1.807, 2.05) is 13.8 Å². The predicted octanol–water partition coefficient (Wildman–Crippen LogP) is 3.44. The van der Waals surface area contributed by atoms with Gasteiger partial charge in [-0.2, -0.15) is 9.36 Å². The molecule has 8 atom stereocenters. The first-order chi connectivity index (χ1) is 15.2. The highest BCUT2D eigenvalue weighted by molar-refractivity contribution is 5.82. The molecule has 4 aliphatic rings. The van der Waals surface area contributed by atoms with Crippen molar-refractivity contribution in [1.29, 1.82) is 0 Å². The predicted molar refractivity (Wildman–Crippen MR) is 121 cm³/mol. The number of hydrogen-bond acceptors (Lipinski definition) is 5. The van der Waals surface area contributed by atoms with Crippen molar-refractivity contribution < 1.29 is 9.90 Å². The number of tetrazole rings is 1. The van der Waals surface area contributed by atoms with Gasteiger partial charge < -0.3 is 5.11 Å². The summed E-state index contributed by atoms with van der Waals surface area (Å²) in [7, 11) is 0. The number of hydrogen-bond donors (Lipinski definition) is 1. The Morgan fingerprint density at radius 3 is 2.53 bits per heavy atom. The van der Waals surface area contributed by atoms with Crippen LogP contribution in [0.15, 0.2) is 4.79 Å². The minimum absolute atomic E-state index is 0.0292. The van der Waals surface area contributed by atoms with Crippen LogP contribution in [0.3, 0.4) is 0 Å². The number of ketones is 1. The highest BCUT2D eigenvalue weighted by Gasteiger charge is 2.58. The van der Waals surface area contributed by atoms with Gasteiger partial charge in [-0.05, 0) is 117 Å². The fraction of sp³-hybridized carbons (Fsp3) is 0.920. The van der Waals surface area contributed by atoms with Gasteiger partial charge in [0.05, 0.1) is 5.60 Å². The van der Waals surface area contributed by atoms with E-state index >= 15 is 0 Å². The fourth-order valence-electron chi connectivity index (χ4n) is 8.63. The third kappa shape index (κ3) is 3.59. The smallest absolute Gasteiger partial charge is 0.364 e. The molecule has 4 aliphatic carbocycles. The summed E-state index contributed by atoms with van der Waals surface area (Å²) in [6.45, 7) is 6.97. The lowest BCUT2D eigenvalue weighted by Crippen LogP contribution is -2.51. The molecule has 32 heavy (non-hydrogen) atoms. The maximum atomic E-state index is 13.4. The van der Waals surface area contributed by atoms with Crippen LogP contribution in [0.2, 0.25) is 0 Å². The molecule has 0 unspecified atom stereocenters. The number of carbonyl (C=O) groups is 1. The molecule has 7 nitrogen and oxygen atoms in total. The van der Waals surface area contributed by atoms with Gasteiger partial charge in [-0.1, -0.05) is 13.8 Å². The second-order valence-electron chi connectivity index (χ2n) is 12.0. The highest BCUT2D eigenvalue weighted by atomic mass is 16.3. The maximum Gasteiger partial charge on any atom is 0.364 e. The van der Waals surface area contributed by atoms with E-state index < -0.39 is 5.60 Å². The number of rotatable bonds is 5. The Balaban J connectivity index is 1.30. The van der Waals surface area contributed by atoms with E-state index in [4.69, 9.17) is 0 Å². The Labute approximate surface area is 190 Å². The van der Waals surface area contributed by atoms with Gasteiger partial charge >= 0.3 is 5.69 Å². The van der Waals surface area contributed by atoms with Gasteiger partial charge in [0.15, 0.2) is 5.78 Å². The molecule has 1 aromatic rings. The van der Waals surface area contributed by atoms with Crippen LogP contribution in [0.4, 0.5) is 0 Å². The van der Waals surface area contributed by atoms with Crippen molar-refractivity contribution >= 4 is 5.78 Å². The summed E-state index contributed by atoms with van der Waals surface area (Å²) in [5.41, 5.74) is -0.692. The number of aliphatic hydroxyl groups is 1. The molecule has 1 N–H and O–H groups in total. The number of aromatic nitrogens is 4. The average Bonchev–Trinajstić information content (AvgIpc) is 3.27. The van der Waals surface area contributed by atoms with Gasteiger partial charge in [0, 0.05) is 12.5 Å². The number of nitrogens with zero attached hydrogens (tertiary/aromatic N) is 4. The van der Waals surface area contributed by atoms with Crippen LogP contribution >= 0.6 is 0 Å². The summed E-state index contributed by atoms with van der Waals surface area (Å²) < 4.78 is 2.62. The Hall–Kier alpha value is -1.50. The summed E-state index contributed by atoms with van der Waals surface area (Å²) in [6, 6.07) is 0. The molecule has 0 aliphatic heterocycles. The van der Waals surface area contributed by atoms with E-state index in [2.05, 4.69) is 17.4 Å². The SMILES string of the molecule is CCCn1nnn(CC(=O)[C@H]2CC[C@H]3[C@@H]4CC[C@@H]5C[C@](C)(O)CC[C@@H]5[C@H]4CC[C@]23C)c1=O. The topological polar surface area (TPSA) is 90.0 Å². The molecule has 0 spiro atoms. The third-order valence-electron chi connectivity index (χ3n) is 10.1. The van der Waals surface area contributed by atoms with Gasteiger partial charge in [-0.25, -0.2) is 4.79 Å². The zero-order valence-corrected chi connectivity index (χ0v) is 20.0. The van der Waals surface area contributed by atoms with E-state index in [0.717, 1.165) is 56.3 Å². The second-order valence-corrected chi connectivity index (χ2v) is 12.0. The summed E-state index contributed by atoms with van der Waals surface area (Å²) in [4.78, 5) is 25.9. The Kier molecular flexibility index (Phi) is 5.62. The van der Waals surface area contributed by atoms with Crippen molar-refractivity contribution in [2.24, 2.45) is 40.9 Å². The normalized spacial score (nSPS) is 43.4. The van der Waals surface area contributed by atoms with Crippen molar-refractivity contribution in [2.45, 2.75) is 104 Å². The zero-order valence-electron chi connectivity index (χ0n) is 20.0. The van der Waals surface area contributed by atoms with Crippen LogP contribution in [0.5, 0.6) is 0 Å².